The Bertz CT molecular complexity index is 1120. The lowest BCUT2D eigenvalue weighted by Gasteiger charge is -2.37. The van der Waals surface area contributed by atoms with Crippen molar-refractivity contribution in [1.82, 2.24) is 20.5 Å². The summed E-state index contributed by atoms with van der Waals surface area (Å²) in [5.41, 5.74) is 1.59. The fraction of sp³-hybridized carbons (Fsp3) is 0.536. The van der Waals surface area contributed by atoms with E-state index in [4.69, 9.17) is 0 Å². The Morgan fingerprint density at radius 3 is 2.22 bits per heavy atom. The summed E-state index contributed by atoms with van der Waals surface area (Å²) in [4.78, 5) is 43.4. The SMILES string of the molecule is CNC(C(=O)N[C@H](C(=O)N(C)C(/C=C(\C)C(=O)O)C(C)C)C(C)C)C(C)(C)c1c[nH]c2ccccc12. The van der Waals surface area contributed by atoms with Crippen molar-refractivity contribution in [1.29, 1.82) is 0 Å². The van der Waals surface area contributed by atoms with Crippen LogP contribution in [0.25, 0.3) is 10.9 Å². The van der Waals surface area contributed by atoms with Gasteiger partial charge < -0.3 is 25.6 Å². The van der Waals surface area contributed by atoms with Gasteiger partial charge in [-0.25, -0.2) is 4.79 Å². The van der Waals surface area contributed by atoms with E-state index in [1.807, 2.05) is 72.0 Å². The Kier molecular flexibility index (Phi) is 9.49. The number of hydrogen-bond donors (Lipinski definition) is 4. The minimum absolute atomic E-state index is 0.0115. The van der Waals surface area contributed by atoms with Gasteiger partial charge in [0.2, 0.25) is 11.8 Å². The topological polar surface area (TPSA) is 115 Å². The van der Waals surface area contributed by atoms with Gasteiger partial charge >= 0.3 is 5.97 Å². The Morgan fingerprint density at radius 1 is 1.08 bits per heavy atom. The predicted molar refractivity (Wildman–Crippen MR) is 144 cm³/mol. The van der Waals surface area contributed by atoms with Crippen molar-refractivity contribution in [2.45, 2.75) is 72.0 Å². The summed E-state index contributed by atoms with van der Waals surface area (Å²) >= 11 is 0. The molecule has 8 nitrogen and oxygen atoms in total. The number of carbonyl (C=O) groups is 3. The van der Waals surface area contributed by atoms with E-state index in [2.05, 4.69) is 15.6 Å². The van der Waals surface area contributed by atoms with Gasteiger partial charge in [-0.05, 0) is 37.4 Å². The summed E-state index contributed by atoms with van der Waals surface area (Å²) < 4.78 is 0. The number of nitrogens with one attached hydrogen (secondary N) is 3. The molecular formula is C28H42N4O4. The second-order valence-electron chi connectivity index (χ2n) is 10.8. The van der Waals surface area contributed by atoms with Crippen LogP contribution in [0.5, 0.6) is 0 Å². The van der Waals surface area contributed by atoms with Gasteiger partial charge in [0.25, 0.3) is 0 Å². The van der Waals surface area contributed by atoms with Crippen molar-refractivity contribution in [3.8, 4) is 0 Å². The monoisotopic (exact) mass is 498 g/mol. The largest absolute Gasteiger partial charge is 0.478 e. The number of aromatic amines is 1. The molecule has 4 N–H and O–H groups in total. The molecule has 1 heterocycles. The standard InChI is InChI=1S/C28H42N4O4/c1-16(2)22(14-18(5)27(35)36)32(9)26(34)23(17(3)4)31-25(33)24(29-8)28(6,7)20-15-30-21-13-11-10-12-19(20)21/h10-17,22-24,29-30H,1-9H3,(H,31,33)(H,35,36)/b18-14+/t22?,23-,24?/m0/s1. The van der Waals surface area contributed by atoms with Gasteiger partial charge in [0.1, 0.15) is 6.04 Å². The zero-order valence-electron chi connectivity index (χ0n) is 23.0. The molecule has 2 unspecified atom stereocenters. The van der Waals surface area contributed by atoms with E-state index in [1.54, 1.807) is 25.1 Å². The molecule has 8 heteroatoms. The van der Waals surface area contributed by atoms with Gasteiger partial charge in [0.05, 0.1) is 12.1 Å². The fourth-order valence-corrected chi connectivity index (χ4v) is 4.78. The number of carbonyl (C=O) groups excluding carboxylic acids is 2. The van der Waals surface area contributed by atoms with Crippen LogP contribution in [0.3, 0.4) is 0 Å². The number of para-hydroxylation sites is 1. The molecule has 198 valence electrons. The zero-order chi connectivity index (χ0) is 27.4. The number of amides is 2. The molecule has 2 amide bonds. The van der Waals surface area contributed by atoms with Crippen molar-refractivity contribution in [2.24, 2.45) is 11.8 Å². The van der Waals surface area contributed by atoms with E-state index >= 15 is 0 Å². The molecule has 0 saturated carbocycles. The second kappa shape index (κ2) is 11.7. The van der Waals surface area contributed by atoms with Gasteiger partial charge in [-0.2, -0.15) is 0 Å². The van der Waals surface area contributed by atoms with E-state index in [1.165, 1.54) is 6.92 Å². The summed E-state index contributed by atoms with van der Waals surface area (Å²) in [5, 5.41) is 16.5. The van der Waals surface area contributed by atoms with Crippen molar-refractivity contribution in [3.63, 3.8) is 0 Å². The Labute approximate surface area is 214 Å². The lowest BCUT2D eigenvalue weighted by atomic mass is 9.77. The van der Waals surface area contributed by atoms with Gasteiger partial charge in [0, 0.05) is 35.1 Å². The van der Waals surface area contributed by atoms with Gasteiger partial charge in [-0.15, -0.1) is 0 Å². The molecule has 0 aliphatic rings. The minimum Gasteiger partial charge on any atom is -0.478 e. The number of nitrogens with zero attached hydrogens (tertiary/aromatic N) is 1. The van der Waals surface area contributed by atoms with E-state index in [0.29, 0.717) is 0 Å². The van der Waals surface area contributed by atoms with Crippen molar-refractivity contribution < 1.29 is 19.5 Å². The summed E-state index contributed by atoms with van der Waals surface area (Å²) in [6.07, 6.45) is 3.53. The van der Waals surface area contributed by atoms with Crippen LogP contribution in [0.4, 0.5) is 0 Å². The first kappa shape index (κ1) is 29.1. The minimum atomic E-state index is -1.02. The van der Waals surface area contributed by atoms with Crippen LogP contribution in [-0.4, -0.2) is 65.0 Å². The molecule has 1 aromatic carbocycles. The highest BCUT2D eigenvalue weighted by molar-refractivity contribution is 5.92. The smallest absolute Gasteiger partial charge is 0.331 e. The molecule has 2 rings (SSSR count). The van der Waals surface area contributed by atoms with Gasteiger partial charge in [-0.1, -0.05) is 65.8 Å². The highest BCUT2D eigenvalue weighted by atomic mass is 16.4. The fourth-order valence-electron chi connectivity index (χ4n) is 4.78. The molecule has 36 heavy (non-hydrogen) atoms. The third-order valence-electron chi connectivity index (χ3n) is 7.02. The maximum Gasteiger partial charge on any atom is 0.331 e. The summed E-state index contributed by atoms with van der Waals surface area (Å²) in [5.74, 6) is -1.73. The number of H-pyrrole nitrogens is 1. The number of rotatable bonds is 11. The van der Waals surface area contributed by atoms with E-state index in [-0.39, 0.29) is 29.2 Å². The number of aromatic nitrogens is 1. The Morgan fingerprint density at radius 2 is 1.69 bits per heavy atom. The van der Waals surface area contributed by atoms with Crippen LogP contribution in [0.2, 0.25) is 0 Å². The highest BCUT2D eigenvalue weighted by Crippen LogP contribution is 2.33. The molecule has 3 atom stereocenters. The van der Waals surface area contributed by atoms with Crippen molar-refractivity contribution in [3.05, 3.63) is 47.7 Å². The van der Waals surface area contributed by atoms with Gasteiger partial charge in [0.15, 0.2) is 0 Å². The van der Waals surface area contributed by atoms with Crippen molar-refractivity contribution >= 4 is 28.7 Å². The Balaban J connectivity index is 2.34. The molecule has 0 radical (unpaired) electrons. The van der Waals surface area contributed by atoms with Crippen LogP contribution < -0.4 is 10.6 Å². The molecule has 0 bridgehead atoms. The zero-order valence-corrected chi connectivity index (χ0v) is 23.0. The first-order valence-electron chi connectivity index (χ1n) is 12.5. The molecule has 0 spiro atoms. The Hall–Kier alpha value is -3.13. The van der Waals surface area contributed by atoms with Crippen LogP contribution in [0, 0.1) is 11.8 Å². The summed E-state index contributed by atoms with van der Waals surface area (Å²) in [7, 11) is 3.40. The lowest BCUT2D eigenvalue weighted by molar-refractivity contribution is -0.139. The lowest BCUT2D eigenvalue weighted by Crippen LogP contribution is -2.59. The molecule has 1 aromatic heterocycles. The predicted octanol–water partition coefficient (Wildman–Crippen LogP) is 3.69. The normalized spacial score (nSPS) is 15.1. The molecule has 0 fully saturated rings. The van der Waals surface area contributed by atoms with Crippen LogP contribution in [0.15, 0.2) is 42.1 Å². The summed E-state index contributed by atoms with van der Waals surface area (Å²) in [6.45, 7) is 13.2. The van der Waals surface area contributed by atoms with Crippen LogP contribution in [-0.2, 0) is 19.8 Å². The number of aliphatic carboxylic acids is 1. The first-order valence-corrected chi connectivity index (χ1v) is 12.5. The van der Waals surface area contributed by atoms with Crippen LogP contribution >= 0.6 is 0 Å². The third-order valence-corrected chi connectivity index (χ3v) is 7.02. The van der Waals surface area contributed by atoms with E-state index in [9.17, 15) is 19.5 Å². The first-order chi connectivity index (χ1) is 16.7. The summed E-state index contributed by atoms with van der Waals surface area (Å²) in [6, 6.07) is 6.17. The highest BCUT2D eigenvalue weighted by Gasteiger charge is 2.40. The van der Waals surface area contributed by atoms with Crippen LogP contribution in [0.1, 0.15) is 54.0 Å². The van der Waals surface area contributed by atoms with Crippen molar-refractivity contribution in [2.75, 3.05) is 14.1 Å². The van der Waals surface area contributed by atoms with E-state index < -0.39 is 29.5 Å². The number of fused-ring (bicyclic) bond motifs is 1. The average molecular weight is 499 g/mol. The van der Waals surface area contributed by atoms with E-state index in [0.717, 1.165) is 16.5 Å². The molecule has 2 aromatic rings. The number of benzene rings is 1. The number of carboxylic acids is 1. The number of carboxylic acid groups (broad SMARTS) is 1. The number of likely N-dealkylation sites (N-methyl/N-ethyl adjacent to an activating group) is 2. The second-order valence-corrected chi connectivity index (χ2v) is 10.8. The molecule has 0 saturated heterocycles. The quantitative estimate of drug-likeness (QED) is 0.353. The average Bonchev–Trinajstić information content (AvgIpc) is 3.24. The number of hydrogen-bond acceptors (Lipinski definition) is 4. The molecular weight excluding hydrogens is 456 g/mol. The maximum atomic E-state index is 13.6. The maximum absolute atomic E-state index is 13.6. The van der Waals surface area contributed by atoms with Gasteiger partial charge in [-0.3, -0.25) is 9.59 Å². The molecule has 0 aliphatic carbocycles. The third kappa shape index (κ3) is 6.16. The molecule has 0 aliphatic heterocycles.